The van der Waals surface area contributed by atoms with Gasteiger partial charge in [0.15, 0.2) is 0 Å². The van der Waals surface area contributed by atoms with E-state index >= 15 is 0 Å². The number of hydrogen-bond acceptors (Lipinski definition) is 3. The van der Waals surface area contributed by atoms with Crippen LogP contribution in [0.25, 0.3) is 0 Å². The molecule has 0 amide bonds. The molecule has 3 nitrogen and oxygen atoms in total. The van der Waals surface area contributed by atoms with E-state index in [9.17, 15) is 0 Å². The Morgan fingerprint density at radius 3 is 2.53 bits per heavy atom. The molecule has 0 radical (unpaired) electrons. The lowest BCUT2D eigenvalue weighted by Crippen LogP contribution is -2.18. The lowest BCUT2D eigenvalue weighted by atomic mass is 10.2. The molecular weight excluding hydrogens is 210 g/mol. The fourth-order valence-corrected chi connectivity index (χ4v) is 1.80. The summed E-state index contributed by atoms with van der Waals surface area (Å²) in [5.41, 5.74) is 3.46. The van der Waals surface area contributed by atoms with Crippen LogP contribution >= 0.6 is 0 Å². The largest absolute Gasteiger partial charge is 0.296 e. The minimum Gasteiger partial charge on any atom is -0.296 e. The molecule has 0 N–H and O–H groups in total. The van der Waals surface area contributed by atoms with Gasteiger partial charge in [0, 0.05) is 31.2 Å². The summed E-state index contributed by atoms with van der Waals surface area (Å²) in [6, 6.07) is 10.1. The third-order valence-electron chi connectivity index (χ3n) is 2.71. The molecule has 0 bridgehead atoms. The van der Waals surface area contributed by atoms with Gasteiger partial charge in [-0.2, -0.15) is 0 Å². The molecule has 2 aromatic heterocycles. The van der Waals surface area contributed by atoms with Gasteiger partial charge < -0.3 is 0 Å². The summed E-state index contributed by atoms with van der Waals surface area (Å²) >= 11 is 0. The highest BCUT2D eigenvalue weighted by molar-refractivity contribution is 5.18. The second-order valence-corrected chi connectivity index (χ2v) is 4.24. The second kappa shape index (κ2) is 5.55. The molecule has 17 heavy (non-hydrogen) atoms. The summed E-state index contributed by atoms with van der Waals surface area (Å²) in [7, 11) is 2.10. The Balaban J connectivity index is 1.98. The molecule has 0 aromatic carbocycles. The predicted octanol–water partition coefficient (Wildman–Crippen LogP) is 2.42. The van der Waals surface area contributed by atoms with Crippen LogP contribution in [0.4, 0.5) is 0 Å². The van der Waals surface area contributed by atoms with E-state index in [4.69, 9.17) is 0 Å². The van der Waals surface area contributed by atoms with Crippen LogP contribution in [0.1, 0.15) is 17.0 Å². The summed E-state index contributed by atoms with van der Waals surface area (Å²) in [5, 5.41) is 0. The number of nitrogens with zero attached hydrogens (tertiary/aromatic N) is 3. The van der Waals surface area contributed by atoms with Crippen molar-refractivity contribution in [3.63, 3.8) is 0 Å². The summed E-state index contributed by atoms with van der Waals surface area (Å²) in [5.74, 6) is 0. The zero-order valence-electron chi connectivity index (χ0n) is 10.3. The van der Waals surface area contributed by atoms with Crippen molar-refractivity contribution in [2.75, 3.05) is 7.05 Å². The first-order valence-corrected chi connectivity index (χ1v) is 5.74. The maximum atomic E-state index is 4.33. The van der Waals surface area contributed by atoms with Gasteiger partial charge in [-0.05, 0) is 37.7 Å². The molecule has 0 saturated heterocycles. The molecule has 0 spiro atoms. The van der Waals surface area contributed by atoms with Crippen LogP contribution in [0, 0.1) is 6.92 Å². The first kappa shape index (κ1) is 11.7. The second-order valence-electron chi connectivity index (χ2n) is 4.24. The van der Waals surface area contributed by atoms with E-state index in [0.717, 1.165) is 24.5 Å². The van der Waals surface area contributed by atoms with Crippen molar-refractivity contribution in [1.82, 2.24) is 14.9 Å². The topological polar surface area (TPSA) is 29.0 Å². The molecule has 88 valence electrons. The van der Waals surface area contributed by atoms with Crippen LogP contribution in [-0.2, 0) is 13.1 Å². The third kappa shape index (κ3) is 3.36. The van der Waals surface area contributed by atoms with Crippen LogP contribution in [0.3, 0.4) is 0 Å². The van der Waals surface area contributed by atoms with Crippen molar-refractivity contribution in [2.24, 2.45) is 0 Å². The monoisotopic (exact) mass is 227 g/mol. The zero-order valence-corrected chi connectivity index (χ0v) is 10.3. The molecule has 3 heteroatoms. The summed E-state index contributed by atoms with van der Waals surface area (Å²) in [6.07, 6.45) is 3.66. The minimum absolute atomic E-state index is 0.856. The van der Waals surface area contributed by atoms with Gasteiger partial charge in [-0.25, -0.2) is 0 Å². The standard InChI is InChI=1S/C14H17N3/c1-12-13(6-5-9-15-12)10-17(2)11-14-7-3-4-8-16-14/h3-9H,10-11H2,1-2H3. The fraction of sp³-hybridized carbons (Fsp3) is 0.286. The fourth-order valence-electron chi connectivity index (χ4n) is 1.80. The number of pyridine rings is 2. The number of hydrogen-bond donors (Lipinski definition) is 0. The Kier molecular flexibility index (Phi) is 3.83. The van der Waals surface area contributed by atoms with Gasteiger partial charge in [0.05, 0.1) is 5.69 Å². The van der Waals surface area contributed by atoms with Crippen molar-refractivity contribution in [2.45, 2.75) is 20.0 Å². The van der Waals surface area contributed by atoms with Gasteiger partial charge in [-0.1, -0.05) is 12.1 Å². The molecular formula is C14H17N3. The van der Waals surface area contributed by atoms with Gasteiger partial charge in [-0.3, -0.25) is 14.9 Å². The minimum atomic E-state index is 0.856. The lowest BCUT2D eigenvalue weighted by Gasteiger charge is -2.17. The van der Waals surface area contributed by atoms with Crippen molar-refractivity contribution >= 4 is 0 Å². The molecule has 0 aliphatic rings. The third-order valence-corrected chi connectivity index (χ3v) is 2.71. The van der Waals surface area contributed by atoms with E-state index in [-0.39, 0.29) is 0 Å². The average Bonchev–Trinajstić information content (AvgIpc) is 2.33. The van der Waals surface area contributed by atoms with Crippen LogP contribution < -0.4 is 0 Å². The molecule has 0 aliphatic heterocycles. The van der Waals surface area contributed by atoms with E-state index < -0.39 is 0 Å². The first-order chi connectivity index (χ1) is 8.25. The van der Waals surface area contributed by atoms with E-state index in [2.05, 4.69) is 28.0 Å². The van der Waals surface area contributed by atoms with Crippen molar-refractivity contribution in [3.05, 3.63) is 59.7 Å². The van der Waals surface area contributed by atoms with Crippen LogP contribution in [0.2, 0.25) is 0 Å². The lowest BCUT2D eigenvalue weighted by molar-refractivity contribution is 0.314. The van der Waals surface area contributed by atoms with Crippen molar-refractivity contribution in [1.29, 1.82) is 0 Å². The van der Waals surface area contributed by atoms with E-state index in [1.165, 1.54) is 5.56 Å². The maximum Gasteiger partial charge on any atom is 0.0543 e. The summed E-state index contributed by atoms with van der Waals surface area (Å²) in [4.78, 5) is 10.9. The molecule has 2 heterocycles. The molecule has 0 aliphatic carbocycles. The maximum absolute atomic E-state index is 4.33. The highest BCUT2D eigenvalue weighted by atomic mass is 15.1. The van der Waals surface area contributed by atoms with E-state index in [1.807, 2.05) is 43.6 Å². The van der Waals surface area contributed by atoms with Gasteiger partial charge in [0.1, 0.15) is 0 Å². The van der Waals surface area contributed by atoms with Gasteiger partial charge in [0.2, 0.25) is 0 Å². The zero-order chi connectivity index (χ0) is 12.1. The van der Waals surface area contributed by atoms with E-state index in [0.29, 0.717) is 0 Å². The number of aryl methyl sites for hydroxylation is 1. The highest BCUT2D eigenvalue weighted by Crippen LogP contribution is 2.08. The molecule has 0 atom stereocenters. The van der Waals surface area contributed by atoms with Gasteiger partial charge in [0.25, 0.3) is 0 Å². The average molecular weight is 227 g/mol. The van der Waals surface area contributed by atoms with Crippen LogP contribution in [0.15, 0.2) is 42.7 Å². The Morgan fingerprint density at radius 1 is 1.00 bits per heavy atom. The predicted molar refractivity (Wildman–Crippen MR) is 68.4 cm³/mol. The molecule has 2 aromatic rings. The Hall–Kier alpha value is -1.74. The quantitative estimate of drug-likeness (QED) is 0.803. The Bertz CT molecular complexity index is 468. The van der Waals surface area contributed by atoms with Crippen LogP contribution in [-0.4, -0.2) is 21.9 Å². The smallest absolute Gasteiger partial charge is 0.0543 e. The summed E-state index contributed by atoms with van der Waals surface area (Å²) in [6.45, 7) is 3.80. The van der Waals surface area contributed by atoms with Gasteiger partial charge >= 0.3 is 0 Å². The van der Waals surface area contributed by atoms with Crippen molar-refractivity contribution < 1.29 is 0 Å². The van der Waals surface area contributed by atoms with Gasteiger partial charge in [-0.15, -0.1) is 0 Å². The highest BCUT2D eigenvalue weighted by Gasteiger charge is 2.04. The Morgan fingerprint density at radius 2 is 1.82 bits per heavy atom. The number of rotatable bonds is 4. The first-order valence-electron chi connectivity index (χ1n) is 5.74. The SMILES string of the molecule is Cc1ncccc1CN(C)Cc1ccccn1. The molecule has 0 saturated carbocycles. The van der Waals surface area contributed by atoms with E-state index in [1.54, 1.807) is 0 Å². The van der Waals surface area contributed by atoms with Crippen LogP contribution in [0.5, 0.6) is 0 Å². The normalized spacial score (nSPS) is 10.8. The molecule has 0 unspecified atom stereocenters. The number of aromatic nitrogens is 2. The van der Waals surface area contributed by atoms with Crippen molar-refractivity contribution in [3.8, 4) is 0 Å². The molecule has 2 rings (SSSR count). The Labute approximate surface area is 102 Å². The summed E-state index contributed by atoms with van der Waals surface area (Å²) < 4.78 is 0. The molecule has 0 fully saturated rings.